The minimum absolute atomic E-state index is 0.155. The van der Waals surface area contributed by atoms with Gasteiger partial charge in [-0.25, -0.2) is 0 Å². The van der Waals surface area contributed by atoms with Gasteiger partial charge in [-0.2, -0.15) is 0 Å². The summed E-state index contributed by atoms with van der Waals surface area (Å²) in [4.78, 5) is 0. The lowest BCUT2D eigenvalue weighted by Crippen LogP contribution is -2.20. The van der Waals surface area contributed by atoms with Gasteiger partial charge in [-0.05, 0) is 25.1 Å². The molecule has 2 N–H and O–H groups in total. The average Bonchev–Trinajstić information content (AvgIpc) is 3.06. The maximum atomic E-state index is 8.83. The number of hydrogen-bond acceptors (Lipinski definition) is 5. The summed E-state index contributed by atoms with van der Waals surface area (Å²) in [6.07, 6.45) is 0. The molecule has 0 aliphatic rings. The number of nitrogens with one attached hydrogen (secondary N) is 1. The molecule has 0 unspecified atom stereocenters. The fraction of sp³-hybridized carbons (Fsp3) is 0.263. The van der Waals surface area contributed by atoms with E-state index in [4.69, 9.17) is 5.11 Å². The van der Waals surface area contributed by atoms with Crippen molar-refractivity contribution < 1.29 is 5.11 Å². The Hall–Kier alpha value is -2.15. The number of benzene rings is 2. The third-order valence-corrected chi connectivity index (χ3v) is 4.65. The Labute approximate surface area is 152 Å². The van der Waals surface area contributed by atoms with E-state index in [0.717, 1.165) is 34.5 Å². The van der Waals surface area contributed by atoms with Crippen LogP contribution in [-0.4, -0.2) is 45.3 Å². The number of aliphatic hydroxyl groups is 1. The van der Waals surface area contributed by atoms with Crippen molar-refractivity contribution in [2.45, 2.75) is 12.1 Å². The zero-order valence-electron chi connectivity index (χ0n) is 14.2. The Kier molecular flexibility index (Phi) is 6.22. The molecule has 0 fully saturated rings. The number of thioether (sulfide) groups is 1. The highest BCUT2D eigenvalue weighted by Crippen LogP contribution is 2.28. The zero-order chi connectivity index (χ0) is 17.5. The van der Waals surface area contributed by atoms with E-state index < -0.39 is 0 Å². The maximum absolute atomic E-state index is 8.83. The van der Waals surface area contributed by atoms with Crippen LogP contribution in [0.3, 0.4) is 0 Å². The number of aryl methyl sites for hydroxylation is 1. The Morgan fingerprint density at radius 1 is 1.04 bits per heavy atom. The van der Waals surface area contributed by atoms with Gasteiger partial charge >= 0.3 is 0 Å². The van der Waals surface area contributed by atoms with Gasteiger partial charge in [0, 0.05) is 30.1 Å². The number of hydrogen-bond donors (Lipinski definition) is 2. The van der Waals surface area contributed by atoms with Gasteiger partial charge in [-0.3, -0.25) is 4.57 Å². The first-order valence-electron chi connectivity index (χ1n) is 8.32. The number of rotatable bonds is 8. The summed E-state index contributed by atoms with van der Waals surface area (Å²) in [5, 5.41) is 21.7. The molecule has 0 bridgehead atoms. The minimum Gasteiger partial charge on any atom is -0.395 e. The van der Waals surface area contributed by atoms with Crippen LogP contribution in [0.2, 0.25) is 0 Å². The summed E-state index contributed by atoms with van der Waals surface area (Å²) in [6, 6.07) is 18.5. The molecule has 5 nitrogen and oxygen atoms in total. The molecule has 130 valence electrons. The molecule has 0 amide bonds. The normalized spacial score (nSPS) is 11.0. The van der Waals surface area contributed by atoms with Crippen LogP contribution >= 0.6 is 11.8 Å². The van der Waals surface area contributed by atoms with Crippen LogP contribution in [0.25, 0.3) is 17.1 Å². The van der Waals surface area contributed by atoms with E-state index in [1.165, 1.54) is 5.56 Å². The van der Waals surface area contributed by atoms with Crippen LogP contribution < -0.4 is 5.32 Å². The molecule has 6 heteroatoms. The van der Waals surface area contributed by atoms with E-state index in [1.54, 1.807) is 11.8 Å². The SMILES string of the molecule is Cc1cccc(-c2nnc(SCCNCCO)n2-c2ccccc2)c1. The number of para-hydroxylation sites is 1. The molecule has 25 heavy (non-hydrogen) atoms. The Morgan fingerprint density at radius 2 is 1.88 bits per heavy atom. The van der Waals surface area contributed by atoms with Gasteiger partial charge < -0.3 is 10.4 Å². The summed E-state index contributed by atoms with van der Waals surface area (Å²) in [6.45, 7) is 3.66. The smallest absolute Gasteiger partial charge is 0.196 e. The molecule has 0 saturated carbocycles. The monoisotopic (exact) mass is 354 g/mol. The second-order valence-electron chi connectivity index (χ2n) is 5.67. The highest BCUT2D eigenvalue weighted by Gasteiger charge is 2.15. The van der Waals surface area contributed by atoms with Crippen molar-refractivity contribution in [3.63, 3.8) is 0 Å². The fourth-order valence-electron chi connectivity index (χ4n) is 2.56. The minimum atomic E-state index is 0.155. The largest absolute Gasteiger partial charge is 0.395 e. The number of nitrogens with zero attached hydrogens (tertiary/aromatic N) is 3. The molecular weight excluding hydrogens is 332 g/mol. The average molecular weight is 354 g/mol. The first kappa shape index (κ1) is 17.7. The van der Waals surface area contributed by atoms with Crippen LogP contribution in [-0.2, 0) is 0 Å². The van der Waals surface area contributed by atoms with Gasteiger partial charge in [0.1, 0.15) is 0 Å². The molecule has 1 aromatic heterocycles. The lowest BCUT2D eigenvalue weighted by Gasteiger charge is -2.10. The molecule has 1 heterocycles. The molecule has 0 saturated heterocycles. The van der Waals surface area contributed by atoms with Crippen LogP contribution in [0.15, 0.2) is 59.8 Å². The molecule has 3 aromatic rings. The fourth-order valence-corrected chi connectivity index (χ4v) is 3.41. The van der Waals surface area contributed by atoms with Crippen molar-refractivity contribution in [2.24, 2.45) is 0 Å². The molecule has 2 aromatic carbocycles. The standard InChI is InChI=1S/C19H22N4OS/c1-15-6-5-7-16(14-15)18-21-22-19(25-13-11-20-10-12-24)23(18)17-8-3-2-4-9-17/h2-9,14,20,24H,10-13H2,1H3. The molecule has 0 spiro atoms. The van der Waals surface area contributed by atoms with Crippen molar-refractivity contribution in [3.8, 4) is 17.1 Å². The second-order valence-corrected chi connectivity index (χ2v) is 6.73. The van der Waals surface area contributed by atoms with Crippen molar-refractivity contribution in [3.05, 3.63) is 60.2 Å². The van der Waals surface area contributed by atoms with Crippen molar-refractivity contribution in [2.75, 3.05) is 25.4 Å². The van der Waals surface area contributed by atoms with Crippen LogP contribution in [0, 0.1) is 6.92 Å². The van der Waals surface area contributed by atoms with E-state index in [9.17, 15) is 0 Å². The van der Waals surface area contributed by atoms with E-state index >= 15 is 0 Å². The first-order valence-corrected chi connectivity index (χ1v) is 9.30. The third-order valence-electron chi connectivity index (χ3n) is 3.72. The van der Waals surface area contributed by atoms with Crippen LogP contribution in [0.5, 0.6) is 0 Å². The van der Waals surface area contributed by atoms with Gasteiger partial charge in [0.25, 0.3) is 0 Å². The van der Waals surface area contributed by atoms with Gasteiger partial charge in [0.05, 0.1) is 6.61 Å². The zero-order valence-corrected chi connectivity index (χ0v) is 15.0. The van der Waals surface area contributed by atoms with Crippen LogP contribution in [0.4, 0.5) is 0 Å². The highest BCUT2D eigenvalue weighted by molar-refractivity contribution is 7.99. The highest BCUT2D eigenvalue weighted by atomic mass is 32.2. The first-order chi connectivity index (χ1) is 12.3. The number of aromatic nitrogens is 3. The Balaban J connectivity index is 1.91. The van der Waals surface area contributed by atoms with Gasteiger partial charge in [0.15, 0.2) is 11.0 Å². The van der Waals surface area contributed by atoms with Crippen molar-refractivity contribution in [1.82, 2.24) is 20.1 Å². The topological polar surface area (TPSA) is 63.0 Å². The number of aliphatic hydroxyl groups excluding tert-OH is 1. The molecule has 0 atom stereocenters. The third kappa shape index (κ3) is 4.48. The summed E-state index contributed by atoms with van der Waals surface area (Å²) in [5.41, 5.74) is 3.30. The summed E-state index contributed by atoms with van der Waals surface area (Å²) < 4.78 is 2.10. The van der Waals surface area contributed by atoms with Gasteiger partial charge in [-0.1, -0.05) is 53.7 Å². The summed E-state index contributed by atoms with van der Waals surface area (Å²) in [7, 11) is 0. The maximum Gasteiger partial charge on any atom is 0.196 e. The second kappa shape index (κ2) is 8.80. The van der Waals surface area contributed by atoms with E-state index in [-0.39, 0.29) is 6.61 Å². The predicted molar refractivity (Wildman–Crippen MR) is 102 cm³/mol. The van der Waals surface area contributed by atoms with Crippen molar-refractivity contribution >= 4 is 11.8 Å². The van der Waals surface area contributed by atoms with E-state index in [0.29, 0.717) is 6.54 Å². The predicted octanol–water partition coefficient (Wildman–Crippen LogP) is 2.92. The molecule has 0 radical (unpaired) electrons. The molecular formula is C19H22N4OS. The van der Waals surface area contributed by atoms with E-state index in [2.05, 4.69) is 57.3 Å². The van der Waals surface area contributed by atoms with Crippen LogP contribution in [0.1, 0.15) is 5.56 Å². The Morgan fingerprint density at radius 3 is 2.64 bits per heavy atom. The summed E-state index contributed by atoms with van der Waals surface area (Å²) in [5.74, 6) is 1.71. The summed E-state index contributed by atoms with van der Waals surface area (Å²) >= 11 is 1.66. The van der Waals surface area contributed by atoms with Gasteiger partial charge in [-0.15, -0.1) is 10.2 Å². The Bertz CT molecular complexity index is 804. The lowest BCUT2D eigenvalue weighted by molar-refractivity contribution is 0.294. The molecule has 0 aliphatic carbocycles. The van der Waals surface area contributed by atoms with Gasteiger partial charge in [0.2, 0.25) is 0 Å². The quantitative estimate of drug-likeness (QED) is 0.481. The van der Waals surface area contributed by atoms with E-state index in [1.807, 2.05) is 24.3 Å². The lowest BCUT2D eigenvalue weighted by atomic mass is 10.1. The van der Waals surface area contributed by atoms with Crippen molar-refractivity contribution in [1.29, 1.82) is 0 Å². The molecule has 3 rings (SSSR count). The molecule has 0 aliphatic heterocycles.